The fraction of sp³-hybridized carbons (Fsp3) is 0.375. The van der Waals surface area contributed by atoms with Crippen LogP contribution in [0, 0.1) is 0 Å². The van der Waals surface area contributed by atoms with E-state index in [1.54, 1.807) is 29.4 Å². The van der Waals surface area contributed by atoms with Crippen LogP contribution in [0.4, 0.5) is 0 Å². The van der Waals surface area contributed by atoms with Crippen molar-refractivity contribution in [2.24, 2.45) is 0 Å². The van der Waals surface area contributed by atoms with Gasteiger partial charge in [0.05, 0.1) is 12.5 Å². The van der Waals surface area contributed by atoms with E-state index in [9.17, 15) is 4.79 Å². The minimum absolute atomic E-state index is 0.231. The van der Waals surface area contributed by atoms with Gasteiger partial charge in [0.1, 0.15) is 0 Å². The average Bonchev–Trinajstić information content (AvgIpc) is 3.33. The van der Waals surface area contributed by atoms with Crippen molar-refractivity contribution in [1.82, 2.24) is 25.5 Å². The molecule has 8 heteroatoms. The summed E-state index contributed by atoms with van der Waals surface area (Å²) in [6, 6.07) is 1.57. The SMILES string of the molecule is CC.O=C(NCCCn1ccnn1)c1cc(C2=CCC=CO2)on1. The Labute approximate surface area is 140 Å². The molecule has 0 radical (unpaired) electrons. The molecule has 1 aliphatic heterocycles. The number of aryl methyl sites for hydroxylation is 1. The van der Waals surface area contributed by atoms with Gasteiger partial charge in [-0.3, -0.25) is 9.48 Å². The Balaban J connectivity index is 0.00000100. The van der Waals surface area contributed by atoms with Gasteiger partial charge in [-0.15, -0.1) is 5.10 Å². The van der Waals surface area contributed by atoms with Crippen LogP contribution in [0.5, 0.6) is 0 Å². The minimum Gasteiger partial charge on any atom is -0.462 e. The first-order valence-corrected chi connectivity index (χ1v) is 7.94. The van der Waals surface area contributed by atoms with Crippen LogP contribution < -0.4 is 5.32 Å². The zero-order valence-corrected chi connectivity index (χ0v) is 13.8. The first-order valence-electron chi connectivity index (χ1n) is 7.94. The molecule has 0 spiro atoms. The number of carbonyl (C=O) groups excluding carboxylic acids is 1. The van der Waals surface area contributed by atoms with Gasteiger partial charge in [0.2, 0.25) is 5.76 Å². The lowest BCUT2D eigenvalue weighted by atomic mass is 10.2. The highest BCUT2D eigenvalue weighted by Crippen LogP contribution is 2.20. The summed E-state index contributed by atoms with van der Waals surface area (Å²) < 4.78 is 12.1. The molecule has 0 atom stereocenters. The molecule has 0 saturated carbocycles. The van der Waals surface area contributed by atoms with Gasteiger partial charge in [0.25, 0.3) is 5.91 Å². The molecule has 2 aromatic heterocycles. The summed E-state index contributed by atoms with van der Waals surface area (Å²) in [6.45, 7) is 5.21. The topological polar surface area (TPSA) is 95.1 Å². The number of ether oxygens (including phenoxy) is 1. The Morgan fingerprint density at radius 1 is 1.42 bits per heavy atom. The van der Waals surface area contributed by atoms with E-state index in [-0.39, 0.29) is 11.6 Å². The number of amides is 1. The van der Waals surface area contributed by atoms with Crippen LogP contribution in [-0.4, -0.2) is 32.6 Å². The Morgan fingerprint density at radius 3 is 3.00 bits per heavy atom. The van der Waals surface area contributed by atoms with Crippen molar-refractivity contribution < 1.29 is 14.1 Å². The predicted molar refractivity (Wildman–Crippen MR) is 87.6 cm³/mol. The second kappa shape index (κ2) is 9.29. The molecule has 0 bridgehead atoms. The highest BCUT2D eigenvalue weighted by Gasteiger charge is 2.16. The van der Waals surface area contributed by atoms with Gasteiger partial charge in [-0.1, -0.05) is 24.2 Å². The molecule has 3 heterocycles. The standard InChI is InChI=1S/C14H15N5O3.C2H6/c20-14(15-5-3-7-19-8-6-16-18-19)11-10-13(22-17-11)12-4-1-2-9-21-12;1-2/h2,4,6,8-10H,1,3,5,7H2,(H,15,20);1-2H3. The normalized spacial score (nSPS) is 12.7. The molecule has 3 rings (SSSR count). The number of hydrogen-bond acceptors (Lipinski definition) is 6. The predicted octanol–water partition coefficient (Wildman–Crippen LogP) is 2.39. The molecule has 1 aliphatic rings. The van der Waals surface area contributed by atoms with Gasteiger partial charge < -0.3 is 14.6 Å². The maximum absolute atomic E-state index is 12.0. The van der Waals surface area contributed by atoms with Gasteiger partial charge in [0.15, 0.2) is 11.5 Å². The van der Waals surface area contributed by atoms with Crippen molar-refractivity contribution in [2.45, 2.75) is 33.2 Å². The zero-order valence-electron chi connectivity index (χ0n) is 13.8. The molecule has 8 nitrogen and oxygen atoms in total. The van der Waals surface area contributed by atoms with Crippen LogP contribution >= 0.6 is 0 Å². The number of allylic oxidation sites excluding steroid dienone is 2. The minimum atomic E-state index is -0.277. The first kappa shape index (κ1) is 17.5. The highest BCUT2D eigenvalue weighted by molar-refractivity contribution is 5.92. The fourth-order valence-electron chi connectivity index (χ4n) is 1.94. The van der Waals surface area contributed by atoms with E-state index in [0.29, 0.717) is 24.6 Å². The van der Waals surface area contributed by atoms with E-state index in [0.717, 1.165) is 12.8 Å². The molecule has 0 fully saturated rings. The van der Waals surface area contributed by atoms with Crippen LogP contribution in [0.3, 0.4) is 0 Å². The lowest BCUT2D eigenvalue weighted by molar-refractivity contribution is 0.0943. The number of nitrogens with one attached hydrogen (secondary N) is 1. The monoisotopic (exact) mass is 331 g/mol. The Kier molecular flexibility index (Phi) is 6.75. The van der Waals surface area contributed by atoms with Crippen LogP contribution in [0.25, 0.3) is 5.76 Å². The molecule has 1 amide bonds. The van der Waals surface area contributed by atoms with Crippen LogP contribution in [-0.2, 0) is 11.3 Å². The number of nitrogens with zero attached hydrogens (tertiary/aromatic N) is 4. The summed E-state index contributed by atoms with van der Waals surface area (Å²) in [7, 11) is 0. The molecular formula is C16H21N5O3. The van der Waals surface area contributed by atoms with Crippen LogP contribution in [0.15, 0.2) is 41.4 Å². The molecule has 0 aromatic carbocycles. The molecule has 0 unspecified atom stereocenters. The second-order valence-electron chi connectivity index (χ2n) is 4.65. The van der Waals surface area contributed by atoms with Crippen molar-refractivity contribution in [3.8, 4) is 0 Å². The van der Waals surface area contributed by atoms with Gasteiger partial charge in [0, 0.05) is 25.4 Å². The van der Waals surface area contributed by atoms with E-state index in [2.05, 4.69) is 20.8 Å². The number of aromatic nitrogens is 4. The average molecular weight is 331 g/mol. The first-order chi connectivity index (χ1) is 11.8. The van der Waals surface area contributed by atoms with Gasteiger partial charge in [-0.25, -0.2) is 0 Å². The number of rotatable bonds is 6. The smallest absolute Gasteiger partial charge is 0.273 e. The van der Waals surface area contributed by atoms with Crippen LogP contribution in [0.2, 0.25) is 0 Å². The molecule has 2 aromatic rings. The van der Waals surface area contributed by atoms with E-state index < -0.39 is 0 Å². The number of hydrogen-bond donors (Lipinski definition) is 1. The zero-order chi connectivity index (χ0) is 17.2. The molecular weight excluding hydrogens is 310 g/mol. The van der Waals surface area contributed by atoms with Crippen molar-refractivity contribution in [3.05, 3.63) is 48.3 Å². The third-order valence-corrected chi connectivity index (χ3v) is 3.04. The van der Waals surface area contributed by atoms with Crippen molar-refractivity contribution >= 4 is 11.7 Å². The lowest BCUT2D eigenvalue weighted by Crippen LogP contribution is -2.25. The van der Waals surface area contributed by atoms with E-state index >= 15 is 0 Å². The maximum atomic E-state index is 12.0. The molecule has 1 N–H and O–H groups in total. The third-order valence-electron chi connectivity index (χ3n) is 3.04. The van der Waals surface area contributed by atoms with Gasteiger partial charge >= 0.3 is 0 Å². The van der Waals surface area contributed by atoms with Crippen molar-refractivity contribution in [2.75, 3.05) is 6.54 Å². The Morgan fingerprint density at radius 2 is 2.29 bits per heavy atom. The van der Waals surface area contributed by atoms with E-state index in [1.165, 1.54) is 0 Å². The van der Waals surface area contributed by atoms with Crippen molar-refractivity contribution in [1.29, 1.82) is 0 Å². The highest BCUT2D eigenvalue weighted by atomic mass is 16.5. The second-order valence-corrected chi connectivity index (χ2v) is 4.65. The largest absolute Gasteiger partial charge is 0.462 e. The number of carbonyl (C=O) groups is 1. The third kappa shape index (κ3) is 4.80. The summed E-state index contributed by atoms with van der Waals surface area (Å²) in [5.41, 5.74) is 0.231. The summed E-state index contributed by atoms with van der Waals surface area (Å²) in [4.78, 5) is 12.0. The Hall–Kier alpha value is -2.90. The maximum Gasteiger partial charge on any atom is 0.273 e. The molecule has 24 heavy (non-hydrogen) atoms. The summed E-state index contributed by atoms with van der Waals surface area (Å²) in [5.74, 6) is 0.734. The lowest BCUT2D eigenvalue weighted by Gasteiger charge is -2.05. The van der Waals surface area contributed by atoms with Crippen LogP contribution in [0.1, 0.15) is 42.9 Å². The summed E-state index contributed by atoms with van der Waals surface area (Å²) in [6.07, 6.45) is 10.2. The fourth-order valence-corrected chi connectivity index (χ4v) is 1.94. The molecule has 0 aliphatic carbocycles. The van der Waals surface area contributed by atoms with E-state index in [4.69, 9.17) is 9.26 Å². The molecule has 0 saturated heterocycles. The van der Waals surface area contributed by atoms with E-state index in [1.807, 2.05) is 26.0 Å². The Bertz CT molecular complexity index is 688. The van der Waals surface area contributed by atoms with Gasteiger partial charge in [-0.2, -0.15) is 0 Å². The van der Waals surface area contributed by atoms with Gasteiger partial charge in [-0.05, 0) is 25.0 Å². The summed E-state index contributed by atoms with van der Waals surface area (Å²) in [5, 5.41) is 14.1. The van der Waals surface area contributed by atoms with Crippen molar-refractivity contribution in [3.63, 3.8) is 0 Å². The molecule has 128 valence electrons. The summed E-state index contributed by atoms with van der Waals surface area (Å²) >= 11 is 0. The quantitative estimate of drug-likeness (QED) is 0.817.